The molecule has 2 aromatic heterocycles. The molecule has 0 spiro atoms. The summed E-state index contributed by atoms with van der Waals surface area (Å²) in [5.41, 5.74) is 1.93. The second-order valence-corrected chi connectivity index (χ2v) is 3.67. The van der Waals surface area contributed by atoms with Crippen LogP contribution < -0.4 is 10.1 Å². The van der Waals surface area contributed by atoms with Gasteiger partial charge in [0.2, 0.25) is 11.8 Å². The Hall–Kier alpha value is -2.11. The summed E-state index contributed by atoms with van der Waals surface area (Å²) in [4.78, 5) is 8.49. The van der Waals surface area contributed by atoms with Gasteiger partial charge in [-0.05, 0) is 13.0 Å². The Balaban J connectivity index is 2.09. The van der Waals surface area contributed by atoms with E-state index in [0.29, 0.717) is 18.4 Å². The molecular weight excluding hydrogens is 218 g/mol. The largest absolute Gasteiger partial charge is 0.481 e. The molecule has 0 atom stereocenters. The van der Waals surface area contributed by atoms with E-state index >= 15 is 0 Å². The number of anilines is 1. The van der Waals surface area contributed by atoms with Gasteiger partial charge in [0.25, 0.3) is 0 Å². The van der Waals surface area contributed by atoms with Gasteiger partial charge in [-0.2, -0.15) is 10.1 Å². The predicted molar refractivity (Wildman–Crippen MR) is 63.9 cm³/mol. The fourth-order valence-electron chi connectivity index (χ4n) is 1.47. The number of rotatable bonds is 4. The number of hydrogen-bond donors (Lipinski definition) is 1. The molecule has 0 aliphatic rings. The number of hydrogen-bond acceptors (Lipinski definition) is 5. The van der Waals surface area contributed by atoms with Gasteiger partial charge in [-0.1, -0.05) is 0 Å². The number of aryl methyl sites for hydroxylation is 2. The molecule has 2 aromatic rings. The lowest BCUT2D eigenvalue weighted by molar-refractivity contribution is 0.397. The van der Waals surface area contributed by atoms with Crippen molar-refractivity contribution in [3.63, 3.8) is 0 Å². The fourth-order valence-corrected chi connectivity index (χ4v) is 1.47. The second-order valence-electron chi connectivity index (χ2n) is 3.67. The smallest absolute Gasteiger partial charge is 0.226 e. The van der Waals surface area contributed by atoms with E-state index in [0.717, 1.165) is 11.4 Å². The van der Waals surface area contributed by atoms with Gasteiger partial charge < -0.3 is 10.1 Å². The molecule has 0 unspecified atom stereocenters. The Kier molecular flexibility index (Phi) is 3.22. The summed E-state index contributed by atoms with van der Waals surface area (Å²) in [6.07, 6.45) is 1.76. The summed E-state index contributed by atoms with van der Waals surface area (Å²) in [7, 11) is 3.49. The molecule has 0 fully saturated rings. The summed E-state index contributed by atoms with van der Waals surface area (Å²) in [5.74, 6) is 1.12. The average Bonchev–Trinajstić information content (AvgIpc) is 2.71. The van der Waals surface area contributed by atoms with Gasteiger partial charge in [0.15, 0.2) is 0 Å². The average molecular weight is 233 g/mol. The SMILES string of the molecule is COc1cc(C)nc(NCc2ccnn2C)n1. The molecular formula is C11H15N5O. The van der Waals surface area contributed by atoms with Crippen molar-refractivity contribution in [2.24, 2.45) is 7.05 Å². The van der Waals surface area contributed by atoms with Crippen LogP contribution in [0.15, 0.2) is 18.3 Å². The molecule has 2 heterocycles. The van der Waals surface area contributed by atoms with E-state index in [1.54, 1.807) is 24.1 Å². The summed E-state index contributed by atoms with van der Waals surface area (Å²) in [6.45, 7) is 2.53. The maximum absolute atomic E-state index is 5.09. The lowest BCUT2D eigenvalue weighted by Crippen LogP contribution is -2.08. The first-order valence-electron chi connectivity index (χ1n) is 5.29. The van der Waals surface area contributed by atoms with Crippen LogP contribution in [0.5, 0.6) is 5.88 Å². The highest BCUT2D eigenvalue weighted by Gasteiger charge is 2.03. The van der Waals surface area contributed by atoms with E-state index in [1.165, 1.54) is 0 Å². The Morgan fingerprint density at radius 3 is 2.88 bits per heavy atom. The van der Waals surface area contributed by atoms with Gasteiger partial charge in [-0.15, -0.1) is 0 Å². The Labute approximate surface area is 99.7 Å². The monoisotopic (exact) mass is 233 g/mol. The lowest BCUT2D eigenvalue weighted by Gasteiger charge is -2.07. The number of nitrogens with one attached hydrogen (secondary N) is 1. The molecule has 90 valence electrons. The van der Waals surface area contributed by atoms with Crippen molar-refractivity contribution in [3.8, 4) is 5.88 Å². The summed E-state index contributed by atoms with van der Waals surface area (Å²) in [6, 6.07) is 3.73. The molecule has 1 N–H and O–H groups in total. The van der Waals surface area contributed by atoms with Crippen molar-refractivity contribution in [3.05, 3.63) is 29.7 Å². The van der Waals surface area contributed by atoms with Crippen molar-refractivity contribution >= 4 is 5.95 Å². The third-order valence-electron chi connectivity index (χ3n) is 2.39. The van der Waals surface area contributed by atoms with Crippen LogP contribution in [0.25, 0.3) is 0 Å². The van der Waals surface area contributed by atoms with Crippen molar-refractivity contribution < 1.29 is 4.74 Å². The molecule has 0 aliphatic carbocycles. The molecule has 17 heavy (non-hydrogen) atoms. The van der Waals surface area contributed by atoms with Gasteiger partial charge in [0, 0.05) is 25.0 Å². The predicted octanol–water partition coefficient (Wildman–Crippen LogP) is 1.14. The standard InChI is InChI=1S/C11H15N5O/c1-8-6-10(17-3)15-11(14-8)12-7-9-4-5-13-16(9)2/h4-6H,7H2,1-3H3,(H,12,14,15). The van der Waals surface area contributed by atoms with Gasteiger partial charge in [-0.25, -0.2) is 4.98 Å². The first-order chi connectivity index (χ1) is 8.19. The number of methoxy groups -OCH3 is 1. The molecule has 0 radical (unpaired) electrons. The third-order valence-corrected chi connectivity index (χ3v) is 2.39. The molecule has 2 rings (SSSR count). The topological polar surface area (TPSA) is 64.9 Å². The van der Waals surface area contributed by atoms with Crippen LogP contribution in [0.2, 0.25) is 0 Å². The minimum atomic E-state index is 0.558. The summed E-state index contributed by atoms with van der Waals surface area (Å²) < 4.78 is 6.89. The highest BCUT2D eigenvalue weighted by Crippen LogP contribution is 2.11. The minimum absolute atomic E-state index is 0.558. The van der Waals surface area contributed by atoms with Crippen LogP contribution in [0.4, 0.5) is 5.95 Å². The van der Waals surface area contributed by atoms with Gasteiger partial charge in [-0.3, -0.25) is 4.68 Å². The van der Waals surface area contributed by atoms with Crippen LogP contribution in [-0.4, -0.2) is 26.9 Å². The highest BCUT2D eigenvalue weighted by atomic mass is 16.5. The van der Waals surface area contributed by atoms with Crippen molar-refractivity contribution in [1.29, 1.82) is 0 Å². The fraction of sp³-hybridized carbons (Fsp3) is 0.364. The van der Waals surface area contributed by atoms with Crippen LogP contribution in [0.3, 0.4) is 0 Å². The van der Waals surface area contributed by atoms with Crippen LogP contribution in [0.1, 0.15) is 11.4 Å². The van der Waals surface area contributed by atoms with E-state index in [9.17, 15) is 0 Å². The molecule has 6 heteroatoms. The second kappa shape index (κ2) is 4.82. The minimum Gasteiger partial charge on any atom is -0.481 e. The van der Waals surface area contributed by atoms with E-state index in [-0.39, 0.29) is 0 Å². The van der Waals surface area contributed by atoms with Crippen LogP contribution in [-0.2, 0) is 13.6 Å². The zero-order valence-corrected chi connectivity index (χ0v) is 10.1. The van der Waals surface area contributed by atoms with Crippen LogP contribution >= 0.6 is 0 Å². The number of ether oxygens (including phenoxy) is 1. The zero-order chi connectivity index (χ0) is 12.3. The molecule has 6 nitrogen and oxygen atoms in total. The normalized spacial score (nSPS) is 10.3. The van der Waals surface area contributed by atoms with Crippen molar-refractivity contribution in [1.82, 2.24) is 19.7 Å². The Bertz CT molecular complexity index is 508. The quantitative estimate of drug-likeness (QED) is 0.857. The van der Waals surface area contributed by atoms with Gasteiger partial charge in [0.05, 0.1) is 19.3 Å². The summed E-state index contributed by atoms with van der Waals surface area (Å²) in [5, 5.41) is 7.23. The van der Waals surface area contributed by atoms with Gasteiger partial charge >= 0.3 is 0 Å². The van der Waals surface area contributed by atoms with E-state index in [2.05, 4.69) is 20.4 Å². The van der Waals surface area contributed by atoms with E-state index < -0.39 is 0 Å². The Morgan fingerprint density at radius 1 is 1.41 bits per heavy atom. The van der Waals surface area contributed by atoms with Crippen LogP contribution in [0, 0.1) is 6.92 Å². The van der Waals surface area contributed by atoms with Gasteiger partial charge in [0.1, 0.15) is 0 Å². The zero-order valence-electron chi connectivity index (χ0n) is 10.1. The summed E-state index contributed by atoms with van der Waals surface area (Å²) >= 11 is 0. The molecule has 0 aromatic carbocycles. The highest BCUT2D eigenvalue weighted by molar-refractivity contribution is 5.31. The lowest BCUT2D eigenvalue weighted by atomic mass is 10.4. The molecule has 0 amide bonds. The van der Waals surface area contributed by atoms with E-state index in [4.69, 9.17) is 4.74 Å². The molecule has 0 saturated heterocycles. The maximum atomic E-state index is 5.09. The Morgan fingerprint density at radius 2 is 2.24 bits per heavy atom. The van der Waals surface area contributed by atoms with Crippen molar-refractivity contribution in [2.45, 2.75) is 13.5 Å². The van der Waals surface area contributed by atoms with E-state index in [1.807, 2.05) is 20.0 Å². The first kappa shape index (κ1) is 11.4. The first-order valence-corrected chi connectivity index (χ1v) is 5.29. The maximum Gasteiger partial charge on any atom is 0.226 e. The third kappa shape index (κ3) is 2.72. The molecule has 0 saturated carbocycles. The molecule has 0 bridgehead atoms. The van der Waals surface area contributed by atoms with Crippen molar-refractivity contribution in [2.75, 3.05) is 12.4 Å². The number of aromatic nitrogens is 4. The molecule has 0 aliphatic heterocycles. The number of nitrogens with zero attached hydrogens (tertiary/aromatic N) is 4.